The molecule has 0 aliphatic carbocycles. The number of rotatable bonds is 7. The third-order valence-corrected chi connectivity index (χ3v) is 4.66. The first-order valence-corrected chi connectivity index (χ1v) is 8.76. The molecule has 0 saturated carbocycles. The van der Waals surface area contributed by atoms with Crippen molar-refractivity contribution in [3.63, 3.8) is 0 Å². The van der Waals surface area contributed by atoms with Crippen LogP contribution < -0.4 is 21.1 Å². The van der Waals surface area contributed by atoms with Crippen LogP contribution >= 0.6 is 24.0 Å². The van der Waals surface area contributed by atoms with Gasteiger partial charge in [0, 0.05) is 13.6 Å². The quantitative estimate of drug-likeness (QED) is 0.314. The largest absolute Gasteiger partial charge is 0.484 e. The van der Waals surface area contributed by atoms with E-state index in [1.807, 2.05) is 24.3 Å². The summed E-state index contributed by atoms with van der Waals surface area (Å²) < 4.78 is 11.1. The van der Waals surface area contributed by atoms with Crippen LogP contribution in [0.4, 0.5) is 0 Å². The SMILES string of the molecule is CN=C(NCCc1ccc(OCC(N)=O)cc1)NC1CC2CCC1O2.I. The van der Waals surface area contributed by atoms with Gasteiger partial charge in [0.2, 0.25) is 0 Å². The first-order chi connectivity index (χ1) is 12.1. The van der Waals surface area contributed by atoms with Gasteiger partial charge in [0.05, 0.1) is 18.2 Å². The highest BCUT2D eigenvalue weighted by Gasteiger charge is 2.41. The van der Waals surface area contributed by atoms with E-state index in [1.165, 1.54) is 12.0 Å². The van der Waals surface area contributed by atoms with E-state index in [2.05, 4.69) is 15.6 Å². The minimum Gasteiger partial charge on any atom is -0.484 e. The van der Waals surface area contributed by atoms with Crippen molar-refractivity contribution < 1.29 is 14.3 Å². The van der Waals surface area contributed by atoms with Crippen molar-refractivity contribution in [2.24, 2.45) is 10.7 Å². The van der Waals surface area contributed by atoms with Gasteiger partial charge in [-0.25, -0.2) is 0 Å². The van der Waals surface area contributed by atoms with E-state index in [0.717, 1.165) is 31.8 Å². The fraction of sp³-hybridized carbons (Fsp3) is 0.556. The molecule has 2 bridgehead atoms. The summed E-state index contributed by atoms with van der Waals surface area (Å²) in [6.45, 7) is 0.679. The van der Waals surface area contributed by atoms with Gasteiger partial charge >= 0.3 is 0 Å². The van der Waals surface area contributed by atoms with Gasteiger partial charge in [0.1, 0.15) is 5.75 Å². The van der Waals surface area contributed by atoms with Crippen molar-refractivity contribution in [1.29, 1.82) is 0 Å². The number of primary amides is 1. The number of halogens is 1. The first kappa shape index (κ1) is 20.8. The van der Waals surface area contributed by atoms with Crippen LogP contribution in [0.1, 0.15) is 24.8 Å². The number of guanidine groups is 1. The van der Waals surface area contributed by atoms with E-state index >= 15 is 0 Å². The maximum atomic E-state index is 10.7. The van der Waals surface area contributed by atoms with Crippen molar-refractivity contribution in [3.05, 3.63) is 29.8 Å². The maximum Gasteiger partial charge on any atom is 0.255 e. The zero-order chi connectivity index (χ0) is 17.6. The lowest BCUT2D eigenvalue weighted by atomic mass is 9.96. The van der Waals surface area contributed by atoms with Crippen molar-refractivity contribution in [2.75, 3.05) is 20.2 Å². The van der Waals surface area contributed by atoms with Crippen LogP contribution in [0.25, 0.3) is 0 Å². The molecule has 3 rings (SSSR count). The van der Waals surface area contributed by atoms with Crippen LogP contribution in [-0.4, -0.2) is 50.3 Å². The Morgan fingerprint density at radius 1 is 1.35 bits per heavy atom. The molecule has 2 heterocycles. The minimum absolute atomic E-state index is 0. The van der Waals surface area contributed by atoms with Crippen molar-refractivity contribution in [2.45, 2.75) is 43.9 Å². The Hall–Kier alpha value is -1.55. The van der Waals surface area contributed by atoms with Gasteiger partial charge in [-0.2, -0.15) is 0 Å². The fourth-order valence-corrected chi connectivity index (χ4v) is 3.39. The number of nitrogens with one attached hydrogen (secondary N) is 2. The highest BCUT2D eigenvalue weighted by molar-refractivity contribution is 14.0. The number of nitrogens with zero attached hydrogens (tertiary/aromatic N) is 1. The molecule has 4 N–H and O–H groups in total. The molecule has 2 aliphatic rings. The number of nitrogens with two attached hydrogens (primary N) is 1. The molecule has 1 amide bonds. The molecule has 0 aromatic heterocycles. The molecule has 2 aliphatic heterocycles. The van der Waals surface area contributed by atoms with Gasteiger partial charge < -0.3 is 25.8 Å². The lowest BCUT2D eigenvalue weighted by Gasteiger charge is -2.22. The van der Waals surface area contributed by atoms with Gasteiger partial charge in [-0.05, 0) is 43.4 Å². The molecule has 0 spiro atoms. The molecule has 2 saturated heterocycles. The summed E-state index contributed by atoms with van der Waals surface area (Å²) in [5.74, 6) is 0.986. The van der Waals surface area contributed by atoms with Crippen LogP contribution in [0.5, 0.6) is 5.75 Å². The predicted octanol–water partition coefficient (Wildman–Crippen LogP) is 1.20. The second-order valence-corrected chi connectivity index (χ2v) is 6.51. The lowest BCUT2D eigenvalue weighted by Crippen LogP contribution is -2.47. The Bertz CT molecular complexity index is 623. The van der Waals surface area contributed by atoms with Crippen LogP contribution in [0, 0.1) is 0 Å². The molecule has 3 atom stereocenters. The molecule has 7 nitrogen and oxygen atoms in total. The number of hydrogen-bond donors (Lipinski definition) is 3. The maximum absolute atomic E-state index is 10.7. The first-order valence-electron chi connectivity index (χ1n) is 8.76. The smallest absolute Gasteiger partial charge is 0.255 e. The molecular weight excluding hydrogens is 447 g/mol. The van der Waals surface area contributed by atoms with E-state index in [1.54, 1.807) is 7.05 Å². The number of carbonyl (C=O) groups is 1. The van der Waals surface area contributed by atoms with Gasteiger partial charge in [-0.15, -0.1) is 24.0 Å². The number of ether oxygens (including phenoxy) is 2. The van der Waals surface area contributed by atoms with Gasteiger partial charge in [0.25, 0.3) is 5.91 Å². The Labute approximate surface area is 171 Å². The molecule has 1 aromatic carbocycles. The van der Waals surface area contributed by atoms with Crippen LogP contribution in [0.3, 0.4) is 0 Å². The van der Waals surface area contributed by atoms with Gasteiger partial charge in [-0.3, -0.25) is 9.79 Å². The van der Waals surface area contributed by atoms with E-state index in [0.29, 0.717) is 24.0 Å². The Morgan fingerprint density at radius 2 is 2.12 bits per heavy atom. The Balaban J connectivity index is 0.00000243. The summed E-state index contributed by atoms with van der Waals surface area (Å²) in [6.07, 6.45) is 5.02. The van der Waals surface area contributed by atoms with E-state index in [4.69, 9.17) is 15.2 Å². The number of hydrogen-bond acceptors (Lipinski definition) is 4. The van der Waals surface area contributed by atoms with E-state index in [9.17, 15) is 4.79 Å². The number of fused-ring (bicyclic) bond motifs is 2. The van der Waals surface area contributed by atoms with Crippen molar-refractivity contribution >= 4 is 35.8 Å². The normalized spacial score (nSPS) is 24.0. The van der Waals surface area contributed by atoms with E-state index < -0.39 is 5.91 Å². The molecule has 1 aromatic rings. The monoisotopic (exact) mass is 474 g/mol. The van der Waals surface area contributed by atoms with E-state index in [-0.39, 0.29) is 30.6 Å². The minimum atomic E-state index is -0.479. The molecule has 8 heteroatoms. The molecular formula is C18H27IN4O3. The van der Waals surface area contributed by atoms with Crippen LogP contribution in [0.2, 0.25) is 0 Å². The highest BCUT2D eigenvalue weighted by Crippen LogP contribution is 2.34. The summed E-state index contributed by atoms with van der Waals surface area (Å²) >= 11 is 0. The third kappa shape index (κ3) is 5.73. The summed E-state index contributed by atoms with van der Waals surface area (Å²) in [7, 11) is 1.79. The summed E-state index contributed by atoms with van der Waals surface area (Å²) in [6, 6.07) is 8.03. The van der Waals surface area contributed by atoms with Crippen LogP contribution in [0.15, 0.2) is 29.3 Å². The zero-order valence-electron chi connectivity index (χ0n) is 14.9. The zero-order valence-corrected chi connectivity index (χ0v) is 17.3. The molecule has 2 fully saturated rings. The number of benzene rings is 1. The topological polar surface area (TPSA) is 98.0 Å². The molecule has 26 heavy (non-hydrogen) atoms. The molecule has 3 unspecified atom stereocenters. The second-order valence-electron chi connectivity index (χ2n) is 6.51. The summed E-state index contributed by atoms with van der Waals surface area (Å²) in [5.41, 5.74) is 6.24. The second kappa shape index (κ2) is 9.96. The van der Waals surface area contributed by atoms with Gasteiger partial charge in [-0.1, -0.05) is 12.1 Å². The van der Waals surface area contributed by atoms with Crippen LogP contribution in [-0.2, 0) is 16.0 Å². The standard InChI is InChI=1S/C18H26N4O3.HI/c1-20-18(22-15-10-14-6-7-16(15)25-14)21-9-8-12-2-4-13(5-3-12)24-11-17(19)23;/h2-5,14-16H,6-11H2,1H3,(H2,19,23)(H2,20,21,22);1H. The third-order valence-electron chi connectivity index (χ3n) is 4.66. The Kier molecular flexibility index (Phi) is 7.95. The Morgan fingerprint density at radius 3 is 2.69 bits per heavy atom. The van der Waals surface area contributed by atoms with Crippen molar-refractivity contribution in [1.82, 2.24) is 10.6 Å². The average Bonchev–Trinajstić information content (AvgIpc) is 3.23. The molecule has 0 radical (unpaired) electrons. The average molecular weight is 474 g/mol. The lowest BCUT2D eigenvalue weighted by molar-refractivity contribution is -0.119. The van der Waals surface area contributed by atoms with Crippen molar-refractivity contribution in [3.8, 4) is 5.75 Å². The molecule has 144 valence electrons. The predicted molar refractivity (Wildman–Crippen MR) is 111 cm³/mol. The fourth-order valence-electron chi connectivity index (χ4n) is 3.39. The number of carbonyl (C=O) groups excluding carboxylic acids is 1. The summed E-state index contributed by atoms with van der Waals surface area (Å²) in [4.78, 5) is 15.0. The van der Waals surface area contributed by atoms with Gasteiger partial charge in [0.15, 0.2) is 12.6 Å². The highest BCUT2D eigenvalue weighted by atomic mass is 127. The number of aliphatic imine (C=N–C) groups is 1. The summed E-state index contributed by atoms with van der Waals surface area (Å²) in [5, 5.41) is 6.82. The number of amides is 1.